The molecule has 2 aromatic heterocycles. The van der Waals surface area contributed by atoms with Gasteiger partial charge >= 0.3 is 0 Å². The van der Waals surface area contributed by atoms with Crippen LogP contribution < -0.4 is 0 Å². The van der Waals surface area contributed by atoms with Crippen molar-refractivity contribution in [2.24, 2.45) is 0 Å². The van der Waals surface area contributed by atoms with E-state index in [1.165, 1.54) is 22.7 Å². The van der Waals surface area contributed by atoms with Gasteiger partial charge in [-0.2, -0.15) is 4.31 Å². The summed E-state index contributed by atoms with van der Waals surface area (Å²) in [6, 6.07) is 10.6. The van der Waals surface area contributed by atoms with E-state index in [0.717, 1.165) is 11.6 Å². The molecule has 0 atom stereocenters. The number of halogens is 1. The second-order valence-corrected chi connectivity index (χ2v) is 7.53. The van der Waals surface area contributed by atoms with E-state index in [0.29, 0.717) is 11.3 Å². The molecule has 0 N–H and O–H groups in total. The second kappa shape index (κ2) is 7.16. The van der Waals surface area contributed by atoms with Crippen LogP contribution in [0.4, 0.5) is 4.39 Å². The van der Waals surface area contributed by atoms with Crippen molar-refractivity contribution in [3.8, 4) is 0 Å². The van der Waals surface area contributed by atoms with Gasteiger partial charge in [0.15, 0.2) is 0 Å². The van der Waals surface area contributed by atoms with Crippen molar-refractivity contribution in [2.45, 2.75) is 24.9 Å². The summed E-state index contributed by atoms with van der Waals surface area (Å²) in [7, 11) is -3.84. The largest absolute Gasteiger partial charge is 0.468 e. The third-order valence-corrected chi connectivity index (χ3v) is 5.70. The number of aromatic nitrogens is 1. The van der Waals surface area contributed by atoms with E-state index in [4.69, 9.17) is 4.42 Å². The van der Waals surface area contributed by atoms with Crippen molar-refractivity contribution in [3.05, 3.63) is 83.8 Å². The molecule has 0 aliphatic rings. The van der Waals surface area contributed by atoms with E-state index in [1.807, 2.05) is 0 Å². The SMILES string of the molecule is Cc1cc(F)ccc1S(=O)(=O)N(Cc1cccnc1)Cc1ccco1. The topological polar surface area (TPSA) is 63.4 Å². The van der Waals surface area contributed by atoms with Crippen LogP contribution in [0.2, 0.25) is 0 Å². The molecular weight excluding hydrogens is 343 g/mol. The molecule has 3 rings (SSSR count). The summed E-state index contributed by atoms with van der Waals surface area (Å²) in [5.41, 5.74) is 1.10. The minimum Gasteiger partial charge on any atom is -0.468 e. The lowest BCUT2D eigenvalue weighted by molar-refractivity contribution is 0.358. The average Bonchev–Trinajstić information content (AvgIpc) is 3.08. The van der Waals surface area contributed by atoms with Crippen LogP contribution in [0.15, 0.2) is 70.4 Å². The molecule has 25 heavy (non-hydrogen) atoms. The fourth-order valence-corrected chi connectivity index (χ4v) is 4.14. The molecule has 0 unspecified atom stereocenters. The van der Waals surface area contributed by atoms with Crippen LogP contribution >= 0.6 is 0 Å². The number of sulfonamides is 1. The predicted molar refractivity (Wildman–Crippen MR) is 90.5 cm³/mol. The standard InChI is InChI=1S/C18H17FN2O3S/c1-14-10-16(19)6-7-18(14)25(22,23)21(13-17-5-3-9-24-17)12-15-4-2-8-20-11-15/h2-11H,12-13H2,1H3. The lowest BCUT2D eigenvalue weighted by atomic mass is 10.2. The fourth-order valence-electron chi connectivity index (χ4n) is 2.54. The molecule has 1 aromatic carbocycles. The lowest BCUT2D eigenvalue weighted by Crippen LogP contribution is -2.30. The minimum absolute atomic E-state index is 0.0705. The molecule has 0 bridgehead atoms. The molecule has 0 saturated heterocycles. The maximum atomic E-state index is 13.4. The molecule has 3 aromatic rings. The third kappa shape index (κ3) is 3.94. The van der Waals surface area contributed by atoms with E-state index >= 15 is 0 Å². The molecule has 5 nitrogen and oxygen atoms in total. The molecule has 0 radical (unpaired) electrons. The highest BCUT2D eigenvalue weighted by atomic mass is 32.2. The van der Waals surface area contributed by atoms with Crippen molar-refractivity contribution in [3.63, 3.8) is 0 Å². The van der Waals surface area contributed by atoms with Crippen molar-refractivity contribution in [1.29, 1.82) is 0 Å². The molecule has 0 aliphatic heterocycles. The van der Waals surface area contributed by atoms with Gasteiger partial charge in [-0.05, 0) is 54.4 Å². The summed E-state index contributed by atoms with van der Waals surface area (Å²) in [6.07, 6.45) is 4.73. The predicted octanol–water partition coefficient (Wildman–Crippen LogP) is 3.51. The summed E-state index contributed by atoms with van der Waals surface area (Å²) < 4.78 is 46.2. The van der Waals surface area contributed by atoms with Crippen LogP contribution in [-0.2, 0) is 23.1 Å². The van der Waals surface area contributed by atoms with E-state index in [2.05, 4.69) is 4.98 Å². The van der Waals surface area contributed by atoms with E-state index < -0.39 is 15.8 Å². The van der Waals surface area contributed by atoms with Crippen LogP contribution in [-0.4, -0.2) is 17.7 Å². The van der Waals surface area contributed by atoms with Crippen LogP contribution in [0.5, 0.6) is 0 Å². The van der Waals surface area contributed by atoms with E-state index in [-0.39, 0.29) is 18.0 Å². The molecule has 130 valence electrons. The fraction of sp³-hybridized carbons (Fsp3) is 0.167. The van der Waals surface area contributed by atoms with Crippen LogP contribution in [0.25, 0.3) is 0 Å². The molecule has 0 spiro atoms. The number of furan rings is 1. The summed E-state index contributed by atoms with van der Waals surface area (Å²) in [5.74, 6) is 0.0496. The van der Waals surface area contributed by atoms with Gasteiger partial charge in [-0.25, -0.2) is 12.8 Å². The molecule has 0 aliphatic carbocycles. The normalized spacial score (nSPS) is 11.8. The van der Waals surface area contributed by atoms with Gasteiger partial charge in [0.05, 0.1) is 17.7 Å². The number of aryl methyl sites for hydroxylation is 1. The van der Waals surface area contributed by atoms with Crippen LogP contribution in [0.3, 0.4) is 0 Å². The monoisotopic (exact) mass is 360 g/mol. The summed E-state index contributed by atoms with van der Waals surface area (Å²) >= 11 is 0. The number of benzene rings is 1. The Morgan fingerprint density at radius 3 is 2.64 bits per heavy atom. The van der Waals surface area contributed by atoms with Gasteiger partial charge in [0.25, 0.3) is 0 Å². The first kappa shape index (κ1) is 17.3. The van der Waals surface area contributed by atoms with Gasteiger partial charge in [0.1, 0.15) is 11.6 Å². The minimum atomic E-state index is -3.84. The van der Waals surface area contributed by atoms with Gasteiger partial charge in [0, 0.05) is 18.9 Å². The van der Waals surface area contributed by atoms with Gasteiger partial charge < -0.3 is 4.42 Å². The molecule has 0 fully saturated rings. The van der Waals surface area contributed by atoms with Gasteiger partial charge in [-0.1, -0.05) is 6.07 Å². The zero-order valence-electron chi connectivity index (χ0n) is 13.6. The Balaban J connectivity index is 1.99. The van der Waals surface area contributed by atoms with Crippen molar-refractivity contribution < 1.29 is 17.2 Å². The quantitative estimate of drug-likeness (QED) is 0.675. The summed E-state index contributed by atoms with van der Waals surface area (Å²) in [4.78, 5) is 4.10. The Kier molecular flexibility index (Phi) is 4.96. The second-order valence-electron chi connectivity index (χ2n) is 5.62. The first-order valence-corrected chi connectivity index (χ1v) is 9.08. The zero-order chi connectivity index (χ0) is 17.9. The number of hydrogen-bond donors (Lipinski definition) is 0. The highest BCUT2D eigenvalue weighted by Crippen LogP contribution is 2.24. The van der Waals surface area contributed by atoms with Gasteiger partial charge in [-0.15, -0.1) is 0 Å². The summed E-state index contributed by atoms with van der Waals surface area (Å²) in [5, 5.41) is 0. The maximum Gasteiger partial charge on any atom is 0.244 e. The highest BCUT2D eigenvalue weighted by Gasteiger charge is 2.27. The van der Waals surface area contributed by atoms with E-state index in [9.17, 15) is 12.8 Å². The maximum absolute atomic E-state index is 13.4. The highest BCUT2D eigenvalue weighted by molar-refractivity contribution is 7.89. The number of pyridine rings is 1. The number of rotatable bonds is 6. The van der Waals surface area contributed by atoms with Crippen molar-refractivity contribution >= 4 is 10.0 Å². The molecule has 7 heteroatoms. The third-order valence-electron chi connectivity index (χ3n) is 3.75. The Morgan fingerprint density at radius 1 is 1.16 bits per heavy atom. The van der Waals surface area contributed by atoms with Gasteiger partial charge in [-0.3, -0.25) is 4.98 Å². The Labute approximate surface area is 145 Å². The smallest absolute Gasteiger partial charge is 0.244 e. The van der Waals surface area contributed by atoms with E-state index in [1.54, 1.807) is 43.6 Å². The average molecular weight is 360 g/mol. The lowest BCUT2D eigenvalue weighted by Gasteiger charge is -2.22. The first-order chi connectivity index (χ1) is 12.0. The molecule has 0 amide bonds. The number of hydrogen-bond acceptors (Lipinski definition) is 4. The summed E-state index contributed by atoms with van der Waals surface area (Å²) in [6.45, 7) is 1.78. The van der Waals surface area contributed by atoms with Crippen molar-refractivity contribution in [2.75, 3.05) is 0 Å². The van der Waals surface area contributed by atoms with Gasteiger partial charge in [0.2, 0.25) is 10.0 Å². The van der Waals surface area contributed by atoms with Crippen LogP contribution in [0.1, 0.15) is 16.9 Å². The first-order valence-electron chi connectivity index (χ1n) is 7.64. The Hall–Kier alpha value is -2.51. The number of nitrogens with zero attached hydrogens (tertiary/aromatic N) is 2. The van der Waals surface area contributed by atoms with Crippen molar-refractivity contribution in [1.82, 2.24) is 9.29 Å². The Morgan fingerprint density at radius 2 is 2.00 bits per heavy atom. The zero-order valence-corrected chi connectivity index (χ0v) is 14.4. The molecule has 0 saturated carbocycles. The Bertz CT molecular complexity index is 942. The van der Waals surface area contributed by atoms with Crippen LogP contribution in [0, 0.1) is 12.7 Å². The molecular formula is C18H17FN2O3S. The molecule has 2 heterocycles.